The van der Waals surface area contributed by atoms with E-state index < -0.39 is 0 Å². The molecule has 5 nitrogen and oxygen atoms in total. The number of benzene rings is 1. The quantitative estimate of drug-likeness (QED) is 0.684. The van der Waals surface area contributed by atoms with Crippen molar-refractivity contribution in [2.45, 2.75) is 25.7 Å². The molecule has 1 aliphatic heterocycles. The van der Waals surface area contributed by atoms with Gasteiger partial charge in [0.25, 0.3) is 0 Å². The summed E-state index contributed by atoms with van der Waals surface area (Å²) in [5.74, 6) is 0. The standard InChI is InChI=1S/C19H20N4O/c24-19(23-11-3-1-2-4-12-23)22-16-13-14-7-5-9-20-17(14)15-8-6-10-21-18(15)16/h5-10,13H,1-4,11-12H2,(H,22,24). The van der Waals surface area contributed by atoms with E-state index in [0.29, 0.717) is 0 Å². The maximum absolute atomic E-state index is 12.7. The van der Waals surface area contributed by atoms with E-state index in [-0.39, 0.29) is 6.03 Å². The smallest absolute Gasteiger partial charge is 0.321 e. The van der Waals surface area contributed by atoms with Gasteiger partial charge in [-0.1, -0.05) is 18.9 Å². The summed E-state index contributed by atoms with van der Waals surface area (Å²) in [6.07, 6.45) is 8.09. The van der Waals surface area contributed by atoms with Crippen molar-refractivity contribution < 1.29 is 4.79 Å². The van der Waals surface area contributed by atoms with Gasteiger partial charge in [0.1, 0.15) is 0 Å². The number of likely N-dealkylation sites (tertiary alicyclic amines) is 1. The number of amides is 2. The average Bonchev–Trinajstić information content (AvgIpc) is 2.91. The third-order valence-electron chi connectivity index (χ3n) is 4.59. The maximum atomic E-state index is 12.7. The van der Waals surface area contributed by atoms with Crippen molar-refractivity contribution in [3.8, 4) is 0 Å². The van der Waals surface area contributed by atoms with Gasteiger partial charge in [-0.3, -0.25) is 9.97 Å². The van der Waals surface area contributed by atoms with Gasteiger partial charge in [0.05, 0.1) is 16.7 Å². The van der Waals surface area contributed by atoms with Crippen LogP contribution in [0.4, 0.5) is 10.5 Å². The lowest BCUT2D eigenvalue weighted by Crippen LogP contribution is -2.35. The highest BCUT2D eigenvalue weighted by atomic mass is 16.2. The Morgan fingerprint density at radius 3 is 2.46 bits per heavy atom. The monoisotopic (exact) mass is 320 g/mol. The van der Waals surface area contributed by atoms with Gasteiger partial charge in [0, 0.05) is 36.3 Å². The molecule has 2 amide bonds. The molecule has 0 saturated carbocycles. The molecular weight excluding hydrogens is 300 g/mol. The van der Waals surface area contributed by atoms with Crippen LogP contribution in [0.25, 0.3) is 21.8 Å². The Bertz CT molecular complexity index is 885. The molecule has 5 heteroatoms. The van der Waals surface area contributed by atoms with E-state index in [1.165, 1.54) is 12.8 Å². The van der Waals surface area contributed by atoms with E-state index >= 15 is 0 Å². The fourth-order valence-corrected chi connectivity index (χ4v) is 3.36. The summed E-state index contributed by atoms with van der Waals surface area (Å²) in [7, 11) is 0. The first-order chi connectivity index (χ1) is 11.8. The number of hydrogen-bond acceptors (Lipinski definition) is 3. The summed E-state index contributed by atoms with van der Waals surface area (Å²) in [6, 6.07) is 9.75. The third kappa shape index (κ3) is 2.77. The highest BCUT2D eigenvalue weighted by Crippen LogP contribution is 2.29. The predicted molar refractivity (Wildman–Crippen MR) is 96.1 cm³/mol. The van der Waals surface area contributed by atoms with E-state index in [1.807, 2.05) is 35.2 Å². The molecule has 24 heavy (non-hydrogen) atoms. The Labute approximate surface area is 140 Å². The van der Waals surface area contributed by atoms with Crippen LogP contribution in [0.2, 0.25) is 0 Å². The molecular formula is C19H20N4O. The van der Waals surface area contributed by atoms with Crippen LogP contribution in [0.5, 0.6) is 0 Å². The zero-order chi connectivity index (χ0) is 16.4. The summed E-state index contributed by atoms with van der Waals surface area (Å²) in [5, 5.41) is 5.04. The summed E-state index contributed by atoms with van der Waals surface area (Å²) < 4.78 is 0. The minimum atomic E-state index is -0.0351. The lowest BCUT2D eigenvalue weighted by Gasteiger charge is -2.21. The summed E-state index contributed by atoms with van der Waals surface area (Å²) in [6.45, 7) is 1.65. The van der Waals surface area contributed by atoms with Crippen molar-refractivity contribution in [1.82, 2.24) is 14.9 Å². The van der Waals surface area contributed by atoms with Gasteiger partial charge in [-0.25, -0.2) is 4.79 Å². The highest BCUT2D eigenvalue weighted by Gasteiger charge is 2.17. The zero-order valence-electron chi connectivity index (χ0n) is 13.5. The van der Waals surface area contributed by atoms with Crippen molar-refractivity contribution in [3.63, 3.8) is 0 Å². The minimum absolute atomic E-state index is 0.0351. The number of fused-ring (bicyclic) bond motifs is 3. The second-order valence-electron chi connectivity index (χ2n) is 6.23. The molecule has 0 radical (unpaired) electrons. The number of nitrogens with one attached hydrogen (secondary N) is 1. The van der Waals surface area contributed by atoms with Crippen LogP contribution in [0.15, 0.2) is 42.7 Å². The van der Waals surface area contributed by atoms with Crippen LogP contribution < -0.4 is 5.32 Å². The maximum Gasteiger partial charge on any atom is 0.321 e. The van der Waals surface area contributed by atoms with Crippen LogP contribution in [-0.4, -0.2) is 34.0 Å². The van der Waals surface area contributed by atoms with Gasteiger partial charge >= 0.3 is 6.03 Å². The average molecular weight is 320 g/mol. The number of carbonyl (C=O) groups is 1. The molecule has 1 fully saturated rings. The Morgan fingerprint density at radius 2 is 1.67 bits per heavy atom. The van der Waals surface area contributed by atoms with Crippen LogP contribution >= 0.6 is 0 Å². The molecule has 3 aromatic rings. The van der Waals surface area contributed by atoms with Gasteiger partial charge in [0.2, 0.25) is 0 Å². The molecule has 0 bridgehead atoms. The van der Waals surface area contributed by atoms with Crippen LogP contribution in [0.1, 0.15) is 25.7 Å². The second kappa shape index (κ2) is 6.43. The van der Waals surface area contributed by atoms with E-state index in [2.05, 4.69) is 15.3 Å². The van der Waals surface area contributed by atoms with Crippen molar-refractivity contribution in [1.29, 1.82) is 0 Å². The molecule has 2 aromatic heterocycles. The fraction of sp³-hybridized carbons (Fsp3) is 0.316. The van der Waals surface area contributed by atoms with E-state index in [1.54, 1.807) is 12.4 Å². The van der Waals surface area contributed by atoms with Crippen LogP contribution in [0.3, 0.4) is 0 Å². The largest absolute Gasteiger partial charge is 0.325 e. The predicted octanol–water partition coefficient (Wildman–Crippen LogP) is 4.19. The summed E-state index contributed by atoms with van der Waals surface area (Å²) in [5.41, 5.74) is 2.44. The first-order valence-electron chi connectivity index (χ1n) is 8.51. The molecule has 0 unspecified atom stereocenters. The lowest BCUT2D eigenvalue weighted by molar-refractivity contribution is 0.214. The van der Waals surface area contributed by atoms with Crippen molar-refractivity contribution in [3.05, 3.63) is 42.7 Å². The number of rotatable bonds is 1. The number of urea groups is 1. The fourth-order valence-electron chi connectivity index (χ4n) is 3.36. The molecule has 1 aromatic carbocycles. The van der Waals surface area contributed by atoms with Crippen LogP contribution in [0, 0.1) is 0 Å². The first kappa shape index (κ1) is 14.9. The summed E-state index contributed by atoms with van der Waals surface area (Å²) in [4.78, 5) is 23.5. The highest BCUT2D eigenvalue weighted by molar-refractivity contribution is 6.11. The Balaban J connectivity index is 1.73. The van der Waals surface area contributed by atoms with E-state index in [0.717, 1.165) is 53.4 Å². The third-order valence-corrected chi connectivity index (χ3v) is 4.59. The molecule has 0 spiro atoms. The number of carbonyl (C=O) groups excluding carboxylic acids is 1. The van der Waals surface area contributed by atoms with Crippen LogP contribution in [-0.2, 0) is 0 Å². The molecule has 1 aliphatic rings. The molecule has 0 atom stereocenters. The number of pyridine rings is 2. The number of hydrogen-bond donors (Lipinski definition) is 1. The van der Waals surface area contributed by atoms with Crippen molar-refractivity contribution >= 4 is 33.5 Å². The number of nitrogens with zero attached hydrogens (tertiary/aromatic N) is 3. The molecule has 122 valence electrons. The Hall–Kier alpha value is -2.69. The molecule has 3 heterocycles. The van der Waals surface area contributed by atoms with Gasteiger partial charge in [-0.05, 0) is 37.1 Å². The number of aromatic nitrogens is 2. The SMILES string of the molecule is O=C(Nc1cc2cccnc2c2cccnc12)N1CCCCCC1. The van der Waals surface area contributed by atoms with E-state index in [9.17, 15) is 4.79 Å². The Kier molecular flexibility index (Phi) is 3.99. The molecule has 1 N–H and O–H groups in total. The zero-order valence-corrected chi connectivity index (χ0v) is 13.5. The normalized spacial score (nSPS) is 15.4. The van der Waals surface area contributed by atoms with Crippen molar-refractivity contribution in [2.75, 3.05) is 18.4 Å². The topological polar surface area (TPSA) is 58.1 Å². The van der Waals surface area contributed by atoms with Gasteiger partial charge in [-0.2, -0.15) is 0 Å². The lowest BCUT2D eigenvalue weighted by atomic mass is 10.1. The first-order valence-corrected chi connectivity index (χ1v) is 8.51. The molecule has 4 rings (SSSR count). The molecule has 1 saturated heterocycles. The second-order valence-corrected chi connectivity index (χ2v) is 6.23. The van der Waals surface area contributed by atoms with E-state index in [4.69, 9.17) is 0 Å². The van der Waals surface area contributed by atoms with Gasteiger partial charge in [0.15, 0.2) is 0 Å². The van der Waals surface area contributed by atoms with Crippen molar-refractivity contribution in [2.24, 2.45) is 0 Å². The Morgan fingerprint density at radius 1 is 0.958 bits per heavy atom. The van der Waals surface area contributed by atoms with Gasteiger partial charge in [-0.15, -0.1) is 0 Å². The summed E-state index contributed by atoms with van der Waals surface area (Å²) >= 11 is 0. The number of anilines is 1. The minimum Gasteiger partial charge on any atom is -0.325 e. The molecule has 0 aliphatic carbocycles. The van der Waals surface area contributed by atoms with Gasteiger partial charge < -0.3 is 10.2 Å².